The normalized spacial score (nSPS) is 12.1. The first-order valence-corrected chi connectivity index (χ1v) is 16.5. The molecule has 17 heteroatoms. The zero-order valence-corrected chi connectivity index (χ0v) is 29.1. The first-order chi connectivity index (χ1) is 22.0. The molecule has 0 aliphatic carbocycles. The van der Waals surface area contributed by atoms with Crippen molar-refractivity contribution in [2.45, 2.75) is 163 Å². The Morgan fingerprint density at radius 2 is 0.938 bits per heavy atom. The van der Waals surface area contributed by atoms with E-state index in [1.165, 1.54) is 19.3 Å². The van der Waals surface area contributed by atoms with Crippen LogP contribution in [-0.4, -0.2) is 66.4 Å². The SMILES string of the molecule is C.CC(CO)([N+](=O)[O-])[N+](=O)[O-].CCCCCCC(CCCC)C(=O)O.CCCCCCC(CCCC)C(=O)OCC(C)([N+](=O)[O-])[N+](=O)[O-]. The lowest BCUT2D eigenvalue weighted by Gasteiger charge is -2.17. The van der Waals surface area contributed by atoms with Gasteiger partial charge in [-0.05, 0) is 25.7 Å². The summed E-state index contributed by atoms with van der Waals surface area (Å²) >= 11 is 0. The first-order valence-electron chi connectivity index (χ1n) is 16.5. The number of nitrogens with zero attached hydrogens (tertiary/aromatic N) is 4. The number of rotatable bonds is 25. The number of aliphatic hydroxyl groups is 1. The Labute approximate surface area is 284 Å². The van der Waals surface area contributed by atoms with Gasteiger partial charge in [-0.2, -0.15) is 0 Å². The molecule has 2 unspecified atom stereocenters. The third kappa shape index (κ3) is 22.1. The molecule has 0 bridgehead atoms. The van der Waals surface area contributed by atoms with Gasteiger partial charge in [0.05, 0.1) is 25.7 Å². The van der Waals surface area contributed by atoms with Gasteiger partial charge in [0.2, 0.25) is 6.61 Å². The van der Waals surface area contributed by atoms with E-state index >= 15 is 0 Å². The Kier molecular flexibility index (Phi) is 31.7. The molecular weight excluding hydrogens is 636 g/mol. The average molecular weight is 699 g/mol. The van der Waals surface area contributed by atoms with Crippen molar-refractivity contribution in [3.05, 3.63) is 40.5 Å². The summed E-state index contributed by atoms with van der Waals surface area (Å²) in [4.78, 5) is 60.2. The predicted molar refractivity (Wildman–Crippen MR) is 181 cm³/mol. The van der Waals surface area contributed by atoms with E-state index in [2.05, 4.69) is 20.8 Å². The van der Waals surface area contributed by atoms with E-state index in [0.29, 0.717) is 12.8 Å². The van der Waals surface area contributed by atoms with Crippen LogP contribution >= 0.6 is 0 Å². The molecule has 0 aromatic carbocycles. The largest absolute Gasteiger partial charge is 0.488 e. The molecule has 0 rings (SSSR count). The van der Waals surface area contributed by atoms with Crippen LogP contribution in [-0.2, 0) is 14.3 Å². The van der Waals surface area contributed by atoms with Crippen molar-refractivity contribution in [2.24, 2.45) is 11.8 Å². The zero-order chi connectivity index (χ0) is 37.1. The highest BCUT2D eigenvalue weighted by atomic mass is 16.7. The number of carboxylic acid groups (broad SMARTS) is 1. The summed E-state index contributed by atoms with van der Waals surface area (Å²) in [7, 11) is 0. The maximum absolute atomic E-state index is 12.1. The molecule has 0 saturated carbocycles. The maximum Gasteiger partial charge on any atom is 0.488 e. The number of aliphatic hydroxyl groups excluding tert-OH is 1. The van der Waals surface area contributed by atoms with Crippen molar-refractivity contribution in [2.75, 3.05) is 13.2 Å². The number of hydrogen-bond acceptors (Lipinski definition) is 12. The summed E-state index contributed by atoms with van der Waals surface area (Å²) in [6, 6.07) is 0. The molecule has 0 heterocycles. The molecule has 284 valence electrons. The molecule has 2 atom stereocenters. The van der Waals surface area contributed by atoms with Crippen LogP contribution in [0.2, 0.25) is 0 Å². The van der Waals surface area contributed by atoms with Gasteiger partial charge < -0.3 is 14.9 Å². The van der Waals surface area contributed by atoms with Crippen LogP contribution in [0.1, 0.15) is 152 Å². The molecule has 2 N–H and O–H groups in total. The number of nitro groups is 4. The first kappa shape index (κ1) is 51.3. The van der Waals surface area contributed by atoms with E-state index in [1.807, 2.05) is 6.92 Å². The van der Waals surface area contributed by atoms with Crippen LogP contribution in [0, 0.1) is 52.3 Å². The van der Waals surface area contributed by atoms with E-state index < -0.39 is 56.2 Å². The van der Waals surface area contributed by atoms with Gasteiger partial charge in [-0.15, -0.1) is 0 Å². The van der Waals surface area contributed by atoms with Crippen LogP contribution in [0.15, 0.2) is 0 Å². The second-order valence-electron chi connectivity index (χ2n) is 11.9. The summed E-state index contributed by atoms with van der Waals surface area (Å²) in [6.07, 6.45) is 15.8. The van der Waals surface area contributed by atoms with Gasteiger partial charge in [0.15, 0.2) is 6.61 Å². The smallest absolute Gasteiger partial charge is 0.481 e. The predicted octanol–water partition coefficient (Wildman–Crippen LogP) is 7.31. The molecule has 0 saturated heterocycles. The monoisotopic (exact) mass is 698 g/mol. The minimum absolute atomic E-state index is 0. The topological polar surface area (TPSA) is 256 Å². The van der Waals surface area contributed by atoms with Crippen LogP contribution in [0.5, 0.6) is 0 Å². The fourth-order valence-electron chi connectivity index (χ4n) is 3.99. The second kappa shape index (κ2) is 29.6. The maximum atomic E-state index is 12.1. The molecule has 0 fully saturated rings. The van der Waals surface area contributed by atoms with Gasteiger partial charge >= 0.3 is 23.3 Å². The highest BCUT2D eigenvalue weighted by Gasteiger charge is 2.52. The van der Waals surface area contributed by atoms with Gasteiger partial charge in [0.25, 0.3) is 0 Å². The zero-order valence-electron chi connectivity index (χ0n) is 29.1. The van der Waals surface area contributed by atoms with Crippen LogP contribution in [0.25, 0.3) is 0 Å². The van der Waals surface area contributed by atoms with Gasteiger partial charge in [0.1, 0.15) is 19.7 Å². The summed E-state index contributed by atoms with van der Waals surface area (Å²) in [5, 5.41) is 58.7. The van der Waals surface area contributed by atoms with Crippen molar-refractivity contribution < 1.29 is 44.2 Å². The summed E-state index contributed by atoms with van der Waals surface area (Å²) in [5.74, 6) is -1.60. The number of carbonyl (C=O) groups excluding carboxylic acids is 1. The van der Waals surface area contributed by atoms with Crippen LogP contribution in [0.3, 0.4) is 0 Å². The van der Waals surface area contributed by atoms with Gasteiger partial charge in [0, 0.05) is 0 Å². The van der Waals surface area contributed by atoms with Crippen LogP contribution in [0.4, 0.5) is 0 Å². The van der Waals surface area contributed by atoms with E-state index in [4.69, 9.17) is 14.9 Å². The van der Waals surface area contributed by atoms with Gasteiger partial charge in [-0.25, -0.2) is 0 Å². The van der Waals surface area contributed by atoms with Crippen molar-refractivity contribution in [1.29, 1.82) is 0 Å². The molecule has 0 radical (unpaired) electrons. The summed E-state index contributed by atoms with van der Waals surface area (Å²) in [5.41, 5.74) is -4.95. The third-order valence-electron chi connectivity index (χ3n) is 7.67. The Balaban J connectivity index is -0.000000330. The Hall–Kier alpha value is -3.50. The van der Waals surface area contributed by atoms with Crippen LogP contribution < -0.4 is 0 Å². The van der Waals surface area contributed by atoms with E-state index in [9.17, 15) is 50.0 Å². The number of esters is 1. The minimum atomic E-state index is -2.49. The Morgan fingerprint density at radius 1 is 0.604 bits per heavy atom. The van der Waals surface area contributed by atoms with Crippen molar-refractivity contribution >= 4 is 11.9 Å². The van der Waals surface area contributed by atoms with Gasteiger partial charge in [-0.1, -0.05) is 112 Å². The molecule has 48 heavy (non-hydrogen) atoms. The summed E-state index contributed by atoms with van der Waals surface area (Å²) < 4.78 is 4.92. The standard InChI is InChI=1S/C15H28N2O6.C12H24O2.C3H6N2O5.CH4/c1-4-6-8-9-11-13(10-7-5-2)14(18)23-12-15(3,16(19)20)17(21)22;1-3-5-7-8-10-11(12(13)14)9-6-4-2;1-3(2-6,4(7)8)5(9)10;/h13H,4-12H2,1-3H3;11H,3-10H2,1-2H3,(H,13,14);6H,2H2,1H3;1H4. The molecule has 0 spiro atoms. The lowest BCUT2D eigenvalue weighted by molar-refractivity contribution is -0.793. The van der Waals surface area contributed by atoms with E-state index in [1.54, 1.807) is 0 Å². The van der Waals surface area contributed by atoms with E-state index in [0.717, 1.165) is 84.5 Å². The van der Waals surface area contributed by atoms with Crippen molar-refractivity contribution in [3.63, 3.8) is 0 Å². The third-order valence-corrected chi connectivity index (χ3v) is 7.67. The number of ether oxygens (including phenoxy) is 1. The Morgan fingerprint density at radius 3 is 1.23 bits per heavy atom. The molecule has 0 aromatic rings. The minimum Gasteiger partial charge on any atom is -0.481 e. The molecule has 0 aliphatic heterocycles. The highest BCUT2D eigenvalue weighted by molar-refractivity contribution is 5.72. The van der Waals surface area contributed by atoms with Crippen molar-refractivity contribution in [3.8, 4) is 0 Å². The number of aliphatic carboxylic acids is 1. The number of unbranched alkanes of at least 4 members (excludes halogenated alkanes) is 8. The summed E-state index contributed by atoms with van der Waals surface area (Å²) in [6.45, 7) is 8.03. The average Bonchev–Trinajstić information content (AvgIpc) is 3.02. The quantitative estimate of drug-likeness (QED) is 0.0312. The number of carboxylic acids is 1. The van der Waals surface area contributed by atoms with Gasteiger partial charge in [-0.3, -0.25) is 50.0 Å². The highest BCUT2D eigenvalue weighted by Crippen LogP contribution is 2.21. The molecule has 0 aromatic heterocycles. The fraction of sp³-hybridized carbons (Fsp3) is 0.935. The number of hydrogen-bond donors (Lipinski definition) is 2. The van der Waals surface area contributed by atoms with Crippen molar-refractivity contribution in [1.82, 2.24) is 0 Å². The second-order valence-corrected chi connectivity index (χ2v) is 11.9. The molecule has 0 aliphatic rings. The molecule has 0 amide bonds. The Bertz CT molecular complexity index is 906. The lowest BCUT2D eigenvalue weighted by atomic mass is 9.95. The molecule has 17 nitrogen and oxygen atoms in total. The van der Waals surface area contributed by atoms with E-state index in [-0.39, 0.29) is 19.3 Å². The molecular formula is C31H62N4O13. The number of carbonyl (C=O) groups is 2. The lowest BCUT2D eigenvalue weighted by Crippen LogP contribution is -2.48. The fourth-order valence-corrected chi connectivity index (χ4v) is 3.99.